The average Bonchev–Trinajstić information content (AvgIpc) is 2.42. The highest BCUT2D eigenvalue weighted by Crippen LogP contribution is 2.48. The minimum Gasteiger partial charge on any atom is -0.0922 e. The van der Waals surface area contributed by atoms with Crippen LogP contribution in [0.5, 0.6) is 0 Å². The summed E-state index contributed by atoms with van der Waals surface area (Å²) in [4.78, 5) is 0. The summed E-state index contributed by atoms with van der Waals surface area (Å²) in [6.45, 7) is 7.10. The van der Waals surface area contributed by atoms with Gasteiger partial charge in [0.25, 0.3) is 0 Å². The van der Waals surface area contributed by atoms with Crippen LogP contribution in [0, 0.1) is 16.7 Å². The molecule has 0 radical (unpaired) electrons. The molecular weight excluding hydrogens is 367 g/mol. The number of halogens is 3. The summed E-state index contributed by atoms with van der Waals surface area (Å²) in [5, 5.41) is 2.67. The van der Waals surface area contributed by atoms with Crippen molar-refractivity contribution in [2.75, 3.05) is 5.33 Å². The molecule has 1 fully saturated rings. The van der Waals surface area contributed by atoms with Gasteiger partial charge in [0.2, 0.25) is 0 Å². The molecule has 0 spiro atoms. The normalized spacial score (nSPS) is 26.9. The summed E-state index contributed by atoms with van der Waals surface area (Å²) in [6.07, 6.45) is 6.18. The number of alkyl halides is 1. The molecular formula is C18H25BrCl2. The van der Waals surface area contributed by atoms with Crippen molar-refractivity contribution in [1.82, 2.24) is 0 Å². The van der Waals surface area contributed by atoms with Crippen LogP contribution in [0.15, 0.2) is 18.2 Å². The van der Waals surface area contributed by atoms with Gasteiger partial charge in [-0.2, -0.15) is 0 Å². The second-order valence-electron chi connectivity index (χ2n) is 7.69. The fraction of sp³-hybridized carbons (Fsp3) is 0.667. The Kier molecular flexibility index (Phi) is 5.71. The molecule has 1 saturated carbocycles. The fourth-order valence-electron chi connectivity index (χ4n) is 3.54. The van der Waals surface area contributed by atoms with Crippen LogP contribution in [0.1, 0.15) is 52.0 Å². The molecule has 0 heterocycles. The van der Waals surface area contributed by atoms with Crippen molar-refractivity contribution in [3.63, 3.8) is 0 Å². The van der Waals surface area contributed by atoms with Gasteiger partial charge < -0.3 is 0 Å². The summed E-state index contributed by atoms with van der Waals surface area (Å²) in [5.74, 6) is 0.833. The summed E-state index contributed by atoms with van der Waals surface area (Å²) >= 11 is 16.3. The highest BCUT2D eigenvalue weighted by atomic mass is 79.9. The summed E-state index contributed by atoms with van der Waals surface area (Å²) in [5.41, 5.74) is 1.94. The predicted molar refractivity (Wildman–Crippen MR) is 97.8 cm³/mol. The molecule has 118 valence electrons. The monoisotopic (exact) mass is 390 g/mol. The van der Waals surface area contributed by atoms with Crippen molar-refractivity contribution >= 4 is 39.1 Å². The van der Waals surface area contributed by atoms with Crippen molar-refractivity contribution in [2.24, 2.45) is 16.7 Å². The quantitative estimate of drug-likeness (QED) is 0.479. The van der Waals surface area contributed by atoms with Crippen LogP contribution in [-0.4, -0.2) is 5.33 Å². The van der Waals surface area contributed by atoms with E-state index in [0.717, 1.165) is 27.7 Å². The molecule has 0 atom stereocenters. The van der Waals surface area contributed by atoms with Crippen molar-refractivity contribution in [1.29, 1.82) is 0 Å². The lowest BCUT2D eigenvalue weighted by atomic mass is 9.63. The van der Waals surface area contributed by atoms with Crippen molar-refractivity contribution < 1.29 is 0 Å². The highest BCUT2D eigenvalue weighted by molar-refractivity contribution is 9.09. The van der Waals surface area contributed by atoms with E-state index in [2.05, 4.69) is 36.7 Å². The maximum Gasteiger partial charge on any atom is 0.0439 e. The van der Waals surface area contributed by atoms with Gasteiger partial charge >= 0.3 is 0 Å². The molecule has 0 aliphatic heterocycles. The van der Waals surface area contributed by atoms with Gasteiger partial charge in [0, 0.05) is 15.4 Å². The summed E-state index contributed by atoms with van der Waals surface area (Å²) in [6, 6.07) is 5.82. The fourth-order valence-corrected chi connectivity index (χ4v) is 4.67. The third kappa shape index (κ3) is 4.39. The molecule has 1 aromatic rings. The van der Waals surface area contributed by atoms with Crippen molar-refractivity contribution in [2.45, 2.75) is 52.9 Å². The molecule has 3 heteroatoms. The standard InChI is InChI=1S/C18H25BrCl2/c1-17(2,3)14-6-8-18(12-19,9-7-14)11-13-10-15(20)4-5-16(13)21/h4-5,10,14H,6-9,11-12H2,1-3H3. The molecule has 0 amide bonds. The average molecular weight is 392 g/mol. The molecule has 0 N–H and O–H groups in total. The van der Waals surface area contributed by atoms with E-state index in [1.165, 1.54) is 31.2 Å². The number of hydrogen-bond acceptors (Lipinski definition) is 0. The van der Waals surface area contributed by atoms with Gasteiger partial charge in [-0.3, -0.25) is 0 Å². The molecule has 0 unspecified atom stereocenters. The van der Waals surface area contributed by atoms with Crippen LogP contribution in [0.4, 0.5) is 0 Å². The van der Waals surface area contributed by atoms with Crippen molar-refractivity contribution in [3.05, 3.63) is 33.8 Å². The first-order valence-electron chi connectivity index (χ1n) is 7.76. The molecule has 0 bridgehead atoms. The summed E-state index contributed by atoms with van der Waals surface area (Å²) < 4.78 is 0. The molecule has 0 aromatic heterocycles. The zero-order chi connectivity index (χ0) is 15.7. The van der Waals surface area contributed by atoms with Crippen LogP contribution >= 0.6 is 39.1 Å². The van der Waals surface area contributed by atoms with E-state index >= 15 is 0 Å². The van der Waals surface area contributed by atoms with Gasteiger partial charge in [-0.1, -0.05) is 59.9 Å². The van der Waals surface area contributed by atoms with Crippen LogP contribution in [-0.2, 0) is 6.42 Å². The van der Waals surface area contributed by atoms with E-state index in [4.69, 9.17) is 23.2 Å². The van der Waals surface area contributed by atoms with Gasteiger partial charge in [0.05, 0.1) is 0 Å². The zero-order valence-electron chi connectivity index (χ0n) is 13.2. The first-order valence-corrected chi connectivity index (χ1v) is 9.63. The summed E-state index contributed by atoms with van der Waals surface area (Å²) in [7, 11) is 0. The highest BCUT2D eigenvalue weighted by Gasteiger charge is 2.38. The Morgan fingerprint density at radius 2 is 1.81 bits per heavy atom. The Labute approximate surface area is 147 Å². The third-order valence-electron chi connectivity index (χ3n) is 5.13. The first-order chi connectivity index (χ1) is 9.76. The topological polar surface area (TPSA) is 0 Å². The largest absolute Gasteiger partial charge is 0.0922 e. The molecule has 1 aliphatic rings. The van der Waals surface area contributed by atoms with Gasteiger partial charge in [-0.25, -0.2) is 0 Å². The first kappa shape index (κ1) is 17.6. The molecule has 21 heavy (non-hydrogen) atoms. The van der Waals surface area contributed by atoms with Gasteiger partial charge in [0.1, 0.15) is 0 Å². The Morgan fingerprint density at radius 1 is 1.19 bits per heavy atom. The third-order valence-corrected chi connectivity index (χ3v) is 6.92. The Morgan fingerprint density at radius 3 is 2.33 bits per heavy atom. The van der Waals surface area contributed by atoms with Gasteiger partial charge in [0.15, 0.2) is 0 Å². The van der Waals surface area contributed by atoms with E-state index in [9.17, 15) is 0 Å². The predicted octanol–water partition coefficient (Wildman–Crippen LogP) is 7.15. The van der Waals surface area contributed by atoms with E-state index in [-0.39, 0.29) is 0 Å². The lowest BCUT2D eigenvalue weighted by molar-refractivity contribution is 0.103. The lowest BCUT2D eigenvalue weighted by Gasteiger charge is -2.43. The van der Waals surface area contributed by atoms with E-state index < -0.39 is 0 Å². The van der Waals surface area contributed by atoms with E-state index in [0.29, 0.717) is 10.8 Å². The SMILES string of the molecule is CC(C)(C)C1CCC(CBr)(Cc2cc(Cl)ccc2Cl)CC1. The maximum absolute atomic E-state index is 6.36. The smallest absolute Gasteiger partial charge is 0.0439 e. The number of rotatable bonds is 3. The number of hydrogen-bond donors (Lipinski definition) is 0. The minimum atomic E-state index is 0.329. The zero-order valence-corrected chi connectivity index (χ0v) is 16.3. The molecule has 2 rings (SSSR count). The molecule has 0 saturated heterocycles. The molecule has 1 aliphatic carbocycles. The van der Waals surface area contributed by atoms with Gasteiger partial charge in [-0.15, -0.1) is 0 Å². The Hall–Kier alpha value is 0.280. The Balaban J connectivity index is 2.12. The second kappa shape index (κ2) is 6.81. The van der Waals surface area contributed by atoms with E-state index in [1.54, 1.807) is 0 Å². The maximum atomic E-state index is 6.36. The Bertz CT molecular complexity index is 482. The number of benzene rings is 1. The van der Waals surface area contributed by atoms with Crippen LogP contribution < -0.4 is 0 Å². The van der Waals surface area contributed by atoms with Gasteiger partial charge in [-0.05, 0) is 72.6 Å². The van der Waals surface area contributed by atoms with Crippen molar-refractivity contribution in [3.8, 4) is 0 Å². The van der Waals surface area contributed by atoms with E-state index in [1.807, 2.05) is 18.2 Å². The molecule has 0 nitrogen and oxygen atoms in total. The molecule has 1 aromatic carbocycles. The van der Waals surface area contributed by atoms with Crippen LogP contribution in [0.25, 0.3) is 0 Å². The second-order valence-corrected chi connectivity index (χ2v) is 9.09. The van der Waals surface area contributed by atoms with Crippen LogP contribution in [0.2, 0.25) is 10.0 Å². The lowest BCUT2D eigenvalue weighted by Crippen LogP contribution is -2.35. The minimum absolute atomic E-state index is 0.329. The van der Waals surface area contributed by atoms with Crippen LogP contribution in [0.3, 0.4) is 0 Å².